The van der Waals surface area contributed by atoms with E-state index in [0.29, 0.717) is 11.1 Å². The van der Waals surface area contributed by atoms with Crippen LogP contribution in [0.2, 0.25) is 0 Å². The Kier molecular flexibility index (Phi) is 5.12. The van der Waals surface area contributed by atoms with Gasteiger partial charge in [-0.1, -0.05) is 60.2 Å². The van der Waals surface area contributed by atoms with E-state index in [4.69, 9.17) is 4.98 Å². The van der Waals surface area contributed by atoms with Gasteiger partial charge in [-0.3, -0.25) is 4.79 Å². The van der Waals surface area contributed by atoms with Crippen molar-refractivity contribution in [1.29, 1.82) is 0 Å². The van der Waals surface area contributed by atoms with Gasteiger partial charge in [0.05, 0.1) is 23.0 Å². The van der Waals surface area contributed by atoms with Crippen molar-refractivity contribution in [2.75, 3.05) is 0 Å². The highest BCUT2D eigenvalue weighted by molar-refractivity contribution is 6.07. The van der Waals surface area contributed by atoms with Gasteiger partial charge < -0.3 is 0 Å². The summed E-state index contributed by atoms with van der Waals surface area (Å²) in [4.78, 5) is 17.5. The SMILES string of the molecule is Cc1ccc(-c2cc(C(=O)NN=Cc3ccc(F)cc3)c3ccccc3n2)cc1. The van der Waals surface area contributed by atoms with Gasteiger partial charge >= 0.3 is 0 Å². The number of amides is 1. The molecule has 1 aromatic heterocycles. The van der Waals surface area contributed by atoms with Crippen LogP contribution in [0, 0.1) is 12.7 Å². The largest absolute Gasteiger partial charge is 0.272 e. The van der Waals surface area contributed by atoms with Gasteiger partial charge in [0.2, 0.25) is 0 Å². The molecule has 4 aromatic rings. The molecule has 0 atom stereocenters. The third-order valence-corrected chi connectivity index (χ3v) is 4.56. The van der Waals surface area contributed by atoms with Crippen LogP contribution in [0.3, 0.4) is 0 Å². The summed E-state index contributed by atoms with van der Waals surface area (Å²) in [7, 11) is 0. The maximum absolute atomic E-state index is 13.0. The van der Waals surface area contributed by atoms with Crippen LogP contribution in [-0.2, 0) is 0 Å². The minimum atomic E-state index is -0.338. The van der Waals surface area contributed by atoms with E-state index in [9.17, 15) is 9.18 Å². The molecule has 0 unspecified atom stereocenters. The molecule has 0 aliphatic carbocycles. The van der Waals surface area contributed by atoms with Crippen LogP contribution in [-0.4, -0.2) is 17.1 Å². The average molecular weight is 383 g/mol. The highest BCUT2D eigenvalue weighted by atomic mass is 19.1. The van der Waals surface area contributed by atoms with Gasteiger partial charge in [-0.25, -0.2) is 14.8 Å². The second kappa shape index (κ2) is 8.02. The Morgan fingerprint density at radius 2 is 1.72 bits per heavy atom. The molecule has 142 valence electrons. The molecule has 1 amide bonds. The Hall–Kier alpha value is -3.86. The van der Waals surface area contributed by atoms with Gasteiger partial charge in [0, 0.05) is 10.9 Å². The van der Waals surface area contributed by atoms with Crippen molar-refractivity contribution in [1.82, 2.24) is 10.4 Å². The number of pyridine rings is 1. The topological polar surface area (TPSA) is 54.4 Å². The van der Waals surface area contributed by atoms with Gasteiger partial charge in [0.1, 0.15) is 5.82 Å². The minimum absolute atomic E-state index is 0.321. The molecular weight excluding hydrogens is 365 g/mol. The van der Waals surface area contributed by atoms with Crippen LogP contribution in [0.4, 0.5) is 4.39 Å². The summed E-state index contributed by atoms with van der Waals surface area (Å²) in [5, 5.41) is 4.75. The quantitative estimate of drug-likeness (QED) is 0.393. The standard InChI is InChI=1S/C24H18FN3O/c1-16-6-10-18(11-7-16)23-14-21(20-4-2-3-5-22(20)27-23)24(29)28-26-15-17-8-12-19(25)13-9-17/h2-15H,1H3,(H,28,29). The van der Waals surface area contributed by atoms with Gasteiger partial charge in [0.15, 0.2) is 0 Å². The number of nitrogens with one attached hydrogen (secondary N) is 1. The summed E-state index contributed by atoms with van der Waals surface area (Å²) in [6.45, 7) is 2.02. The monoisotopic (exact) mass is 383 g/mol. The van der Waals surface area contributed by atoms with Gasteiger partial charge in [-0.05, 0) is 36.8 Å². The predicted molar refractivity (Wildman–Crippen MR) is 113 cm³/mol. The number of carbonyl (C=O) groups excluding carboxylic acids is 1. The average Bonchev–Trinajstić information content (AvgIpc) is 2.75. The fourth-order valence-corrected chi connectivity index (χ4v) is 3.01. The van der Waals surface area contributed by atoms with Crippen LogP contribution in [0.15, 0.2) is 84.0 Å². The Labute approximate surface area is 167 Å². The van der Waals surface area contributed by atoms with E-state index < -0.39 is 0 Å². The van der Waals surface area contributed by atoms with Gasteiger partial charge in [0.25, 0.3) is 5.91 Å². The molecule has 0 aliphatic rings. The van der Waals surface area contributed by atoms with E-state index >= 15 is 0 Å². The number of para-hydroxylation sites is 1. The van der Waals surface area contributed by atoms with E-state index in [1.807, 2.05) is 55.5 Å². The molecule has 4 nitrogen and oxygen atoms in total. The molecule has 0 saturated heterocycles. The van der Waals surface area contributed by atoms with Crippen molar-refractivity contribution < 1.29 is 9.18 Å². The summed E-state index contributed by atoms with van der Waals surface area (Å²) in [6.07, 6.45) is 1.47. The molecule has 0 bridgehead atoms. The molecule has 0 aliphatic heterocycles. The van der Waals surface area contributed by atoms with Crippen molar-refractivity contribution in [3.63, 3.8) is 0 Å². The smallest absolute Gasteiger partial charge is 0.267 e. The zero-order valence-electron chi connectivity index (χ0n) is 15.8. The lowest BCUT2D eigenvalue weighted by Crippen LogP contribution is -2.18. The minimum Gasteiger partial charge on any atom is -0.267 e. The third-order valence-electron chi connectivity index (χ3n) is 4.56. The molecule has 3 aromatic carbocycles. The van der Waals surface area contributed by atoms with Gasteiger partial charge in [-0.15, -0.1) is 0 Å². The van der Waals surface area contributed by atoms with Crippen LogP contribution in [0.1, 0.15) is 21.5 Å². The van der Waals surface area contributed by atoms with Crippen molar-refractivity contribution in [2.24, 2.45) is 5.10 Å². The molecule has 0 saturated carbocycles. The Morgan fingerprint density at radius 3 is 2.48 bits per heavy atom. The number of halogens is 1. The maximum atomic E-state index is 13.0. The van der Waals surface area contributed by atoms with E-state index in [1.54, 1.807) is 18.2 Å². The van der Waals surface area contributed by atoms with Crippen molar-refractivity contribution in [3.8, 4) is 11.3 Å². The molecule has 0 fully saturated rings. The Balaban J connectivity index is 1.67. The molecule has 29 heavy (non-hydrogen) atoms. The third kappa shape index (κ3) is 4.19. The Morgan fingerprint density at radius 1 is 1.00 bits per heavy atom. The lowest BCUT2D eigenvalue weighted by molar-refractivity contribution is 0.0956. The normalized spacial score (nSPS) is 11.1. The maximum Gasteiger partial charge on any atom is 0.272 e. The fourth-order valence-electron chi connectivity index (χ4n) is 3.01. The second-order valence-corrected chi connectivity index (χ2v) is 6.69. The fraction of sp³-hybridized carbons (Fsp3) is 0.0417. The van der Waals surface area contributed by atoms with Crippen molar-refractivity contribution in [2.45, 2.75) is 6.92 Å². The molecular formula is C24H18FN3O. The molecule has 1 N–H and O–H groups in total. The van der Waals surface area contributed by atoms with Crippen LogP contribution >= 0.6 is 0 Å². The molecule has 4 rings (SSSR count). The summed E-state index contributed by atoms with van der Waals surface area (Å²) in [5.41, 5.74) is 7.27. The predicted octanol–water partition coefficient (Wildman–Crippen LogP) is 5.11. The first kappa shape index (κ1) is 18.5. The summed E-state index contributed by atoms with van der Waals surface area (Å²) in [5.74, 6) is -0.659. The first-order valence-electron chi connectivity index (χ1n) is 9.16. The van der Waals surface area contributed by atoms with Gasteiger partial charge in [-0.2, -0.15) is 5.10 Å². The Bertz CT molecular complexity index is 1200. The molecule has 0 spiro atoms. The van der Waals surface area contributed by atoms with Crippen molar-refractivity contribution in [3.05, 3.63) is 101 Å². The molecule has 1 heterocycles. The molecule has 5 heteroatoms. The number of aromatic nitrogens is 1. The highest BCUT2D eigenvalue weighted by Gasteiger charge is 2.13. The lowest BCUT2D eigenvalue weighted by atomic mass is 10.0. The zero-order valence-corrected chi connectivity index (χ0v) is 15.8. The lowest BCUT2D eigenvalue weighted by Gasteiger charge is -2.09. The number of hydrogen-bond donors (Lipinski definition) is 1. The number of carbonyl (C=O) groups is 1. The zero-order chi connectivity index (χ0) is 20.2. The summed E-state index contributed by atoms with van der Waals surface area (Å²) >= 11 is 0. The van der Waals surface area contributed by atoms with Crippen LogP contribution in [0.25, 0.3) is 22.2 Å². The number of nitrogens with zero attached hydrogens (tertiary/aromatic N) is 2. The van der Waals surface area contributed by atoms with Crippen LogP contribution < -0.4 is 5.43 Å². The van der Waals surface area contributed by atoms with E-state index in [0.717, 1.165) is 27.7 Å². The number of fused-ring (bicyclic) bond motifs is 1. The number of aryl methyl sites for hydroxylation is 1. The number of rotatable bonds is 4. The van der Waals surface area contributed by atoms with E-state index in [-0.39, 0.29) is 11.7 Å². The first-order valence-corrected chi connectivity index (χ1v) is 9.16. The summed E-state index contributed by atoms with van der Waals surface area (Å²) < 4.78 is 13.0. The second-order valence-electron chi connectivity index (χ2n) is 6.69. The number of benzene rings is 3. The highest BCUT2D eigenvalue weighted by Crippen LogP contribution is 2.25. The first-order chi connectivity index (χ1) is 14.1. The summed E-state index contributed by atoms with van der Waals surface area (Å²) in [6, 6.07) is 23.1. The van der Waals surface area contributed by atoms with E-state index in [1.165, 1.54) is 18.3 Å². The number of hydrazone groups is 1. The van der Waals surface area contributed by atoms with E-state index in [2.05, 4.69) is 10.5 Å². The number of hydrogen-bond acceptors (Lipinski definition) is 3. The van der Waals surface area contributed by atoms with Crippen molar-refractivity contribution >= 4 is 23.0 Å². The van der Waals surface area contributed by atoms with Crippen LogP contribution in [0.5, 0.6) is 0 Å². The molecule has 0 radical (unpaired) electrons.